The third-order valence-electron chi connectivity index (χ3n) is 2.70. The smallest absolute Gasteiger partial charge is 0.420 e. The number of alkyl halides is 3. The molecule has 1 aromatic heterocycles. The maximum atomic E-state index is 12.8. The molecule has 0 N–H and O–H groups in total. The number of methoxy groups -OCH3 is 1. The van der Waals surface area contributed by atoms with Gasteiger partial charge in [-0.3, -0.25) is 0 Å². The van der Waals surface area contributed by atoms with E-state index >= 15 is 0 Å². The SMILES string of the molecule is CCOC(=O)c1cc2c(C(F)(F)F)coc2cc1OC. The predicted molar refractivity (Wildman–Crippen MR) is 63.7 cm³/mol. The fourth-order valence-corrected chi connectivity index (χ4v) is 1.81. The van der Waals surface area contributed by atoms with Gasteiger partial charge in [0.1, 0.15) is 28.7 Å². The highest BCUT2D eigenvalue weighted by Crippen LogP contribution is 2.38. The predicted octanol–water partition coefficient (Wildman–Crippen LogP) is 3.64. The van der Waals surface area contributed by atoms with Crippen LogP contribution in [-0.4, -0.2) is 19.7 Å². The summed E-state index contributed by atoms with van der Waals surface area (Å²) >= 11 is 0. The zero-order valence-corrected chi connectivity index (χ0v) is 10.7. The number of carbonyl (C=O) groups excluding carboxylic acids is 1. The van der Waals surface area contributed by atoms with Crippen LogP contribution in [0.15, 0.2) is 22.8 Å². The van der Waals surface area contributed by atoms with Gasteiger partial charge in [0.05, 0.1) is 13.7 Å². The molecule has 0 aliphatic carbocycles. The number of rotatable bonds is 3. The summed E-state index contributed by atoms with van der Waals surface area (Å²) in [6.45, 7) is 1.71. The van der Waals surface area contributed by atoms with E-state index in [1.165, 1.54) is 13.2 Å². The molecule has 1 heterocycles. The average Bonchev–Trinajstić information content (AvgIpc) is 2.79. The molecule has 0 amide bonds. The number of hydrogen-bond acceptors (Lipinski definition) is 4. The zero-order valence-electron chi connectivity index (χ0n) is 10.7. The summed E-state index contributed by atoms with van der Waals surface area (Å²) in [4.78, 5) is 11.7. The monoisotopic (exact) mass is 288 g/mol. The number of fused-ring (bicyclic) bond motifs is 1. The van der Waals surface area contributed by atoms with Gasteiger partial charge in [0.2, 0.25) is 0 Å². The number of halogens is 3. The molecular weight excluding hydrogens is 277 g/mol. The maximum absolute atomic E-state index is 12.8. The number of ether oxygens (including phenoxy) is 2. The first-order valence-electron chi connectivity index (χ1n) is 5.72. The summed E-state index contributed by atoms with van der Waals surface area (Å²) in [5, 5.41) is -0.207. The Bertz CT molecular complexity index is 643. The van der Waals surface area contributed by atoms with Gasteiger partial charge >= 0.3 is 12.1 Å². The van der Waals surface area contributed by atoms with Gasteiger partial charge in [-0.2, -0.15) is 13.2 Å². The van der Waals surface area contributed by atoms with E-state index in [4.69, 9.17) is 13.9 Å². The van der Waals surface area contributed by atoms with Crippen molar-refractivity contribution in [2.24, 2.45) is 0 Å². The lowest BCUT2D eigenvalue weighted by Crippen LogP contribution is -2.08. The van der Waals surface area contributed by atoms with Crippen LogP contribution >= 0.6 is 0 Å². The first-order valence-corrected chi connectivity index (χ1v) is 5.72. The van der Waals surface area contributed by atoms with Gasteiger partial charge < -0.3 is 13.9 Å². The second-order valence-electron chi connectivity index (χ2n) is 3.92. The standard InChI is InChI=1S/C13H11F3O4/c1-3-19-12(17)8-4-7-9(13(14,15)16)6-20-11(7)5-10(8)18-2/h4-6H,3H2,1-2H3. The Balaban J connectivity index is 2.65. The summed E-state index contributed by atoms with van der Waals surface area (Å²) in [6.07, 6.45) is -3.95. The second-order valence-corrected chi connectivity index (χ2v) is 3.92. The van der Waals surface area contributed by atoms with Crippen molar-refractivity contribution >= 4 is 16.9 Å². The second kappa shape index (κ2) is 5.07. The van der Waals surface area contributed by atoms with E-state index in [1.807, 2.05) is 0 Å². The number of hydrogen-bond donors (Lipinski definition) is 0. The Hall–Kier alpha value is -2.18. The molecule has 0 aliphatic heterocycles. The molecule has 0 saturated heterocycles. The Kier molecular flexibility index (Phi) is 3.61. The van der Waals surface area contributed by atoms with E-state index in [2.05, 4.69) is 0 Å². The molecule has 0 unspecified atom stereocenters. The van der Waals surface area contributed by atoms with Crippen molar-refractivity contribution in [2.75, 3.05) is 13.7 Å². The van der Waals surface area contributed by atoms with E-state index in [1.54, 1.807) is 6.92 Å². The molecule has 4 nitrogen and oxygen atoms in total. The van der Waals surface area contributed by atoms with Crippen molar-refractivity contribution in [3.8, 4) is 5.75 Å². The molecule has 0 bridgehead atoms. The molecule has 0 saturated carbocycles. The van der Waals surface area contributed by atoms with Crippen LogP contribution in [0.2, 0.25) is 0 Å². The molecule has 0 spiro atoms. The minimum absolute atomic E-state index is 0.0118. The van der Waals surface area contributed by atoms with Crippen LogP contribution in [0.3, 0.4) is 0 Å². The van der Waals surface area contributed by atoms with Crippen molar-refractivity contribution in [1.29, 1.82) is 0 Å². The summed E-state index contributed by atoms with van der Waals surface area (Å²) < 4.78 is 53.0. The molecule has 0 radical (unpaired) electrons. The topological polar surface area (TPSA) is 48.7 Å². The molecule has 2 aromatic rings. The number of benzene rings is 1. The van der Waals surface area contributed by atoms with E-state index < -0.39 is 17.7 Å². The summed E-state index contributed by atoms with van der Waals surface area (Å²) in [5.74, 6) is -0.653. The minimum atomic E-state index is -4.56. The van der Waals surface area contributed by atoms with Crippen molar-refractivity contribution in [1.82, 2.24) is 0 Å². The highest BCUT2D eigenvalue weighted by atomic mass is 19.4. The molecule has 0 atom stereocenters. The van der Waals surface area contributed by atoms with Crippen molar-refractivity contribution in [3.63, 3.8) is 0 Å². The Morgan fingerprint density at radius 3 is 2.60 bits per heavy atom. The van der Waals surface area contributed by atoms with Crippen LogP contribution < -0.4 is 4.74 Å². The third-order valence-corrected chi connectivity index (χ3v) is 2.70. The Morgan fingerprint density at radius 2 is 2.05 bits per heavy atom. The lowest BCUT2D eigenvalue weighted by molar-refractivity contribution is -0.136. The number of esters is 1. The molecule has 7 heteroatoms. The van der Waals surface area contributed by atoms with Crippen LogP contribution in [0.25, 0.3) is 11.0 Å². The highest BCUT2D eigenvalue weighted by Gasteiger charge is 2.35. The molecular formula is C13H11F3O4. The van der Waals surface area contributed by atoms with Crippen LogP contribution in [0.5, 0.6) is 5.75 Å². The summed E-state index contributed by atoms with van der Waals surface area (Å²) in [7, 11) is 1.30. The zero-order chi connectivity index (χ0) is 14.9. The van der Waals surface area contributed by atoms with E-state index in [9.17, 15) is 18.0 Å². The van der Waals surface area contributed by atoms with Crippen LogP contribution in [-0.2, 0) is 10.9 Å². The van der Waals surface area contributed by atoms with Gasteiger partial charge in [-0.15, -0.1) is 0 Å². The highest BCUT2D eigenvalue weighted by molar-refractivity contribution is 5.98. The van der Waals surface area contributed by atoms with E-state index in [0.717, 1.165) is 6.07 Å². The normalized spacial score (nSPS) is 11.7. The maximum Gasteiger partial charge on any atom is 0.420 e. The lowest BCUT2D eigenvalue weighted by atomic mass is 10.1. The van der Waals surface area contributed by atoms with Crippen molar-refractivity contribution < 1.29 is 31.9 Å². The fraction of sp³-hybridized carbons (Fsp3) is 0.308. The molecule has 2 rings (SSSR count). The molecule has 0 fully saturated rings. The lowest BCUT2D eigenvalue weighted by Gasteiger charge is -2.09. The van der Waals surface area contributed by atoms with Gasteiger partial charge in [0.15, 0.2) is 0 Å². The van der Waals surface area contributed by atoms with Gasteiger partial charge in [0, 0.05) is 11.5 Å². The van der Waals surface area contributed by atoms with Crippen molar-refractivity contribution in [2.45, 2.75) is 13.1 Å². The van der Waals surface area contributed by atoms with Crippen LogP contribution in [0, 0.1) is 0 Å². The minimum Gasteiger partial charge on any atom is -0.496 e. The van der Waals surface area contributed by atoms with Crippen molar-refractivity contribution in [3.05, 3.63) is 29.5 Å². The van der Waals surface area contributed by atoms with E-state index in [0.29, 0.717) is 6.26 Å². The molecule has 1 aromatic carbocycles. The Labute approximate surface area is 112 Å². The average molecular weight is 288 g/mol. The fourth-order valence-electron chi connectivity index (χ4n) is 1.81. The van der Waals surface area contributed by atoms with Crippen LogP contribution in [0.4, 0.5) is 13.2 Å². The largest absolute Gasteiger partial charge is 0.496 e. The number of furan rings is 1. The summed E-state index contributed by atoms with van der Waals surface area (Å²) in [6, 6.07) is 2.30. The van der Waals surface area contributed by atoms with E-state index in [-0.39, 0.29) is 28.9 Å². The first-order chi connectivity index (χ1) is 9.38. The van der Waals surface area contributed by atoms with Gasteiger partial charge in [0.25, 0.3) is 0 Å². The van der Waals surface area contributed by atoms with Gasteiger partial charge in [-0.1, -0.05) is 0 Å². The molecule has 20 heavy (non-hydrogen) atoms. The molecule has 108 valence electrons. The van der Waals surface area contributed by atoms with Gasteiger partial charge in [-0.05, 0) is 13.0 Å². The summed E-state index contributed by atoms with van der Waals surface area (Å²) in [5.41, 5.74) is -1.03. The number of carbonyl (C=O) groups is 1. The van der Waals surface area contributed by atoms with Crippen LogP contribution in [0.1, 0.15) is 22.8 Å². The quantitative estimate of drug-likeness (QED) is 0.809. The first kappa shape index (κ1) is 14.2. The third kappa shape index (κ3) is 2.43. The Morgan fingerprint density at radius 1 is 1.35 bits per heavy atom. The van der Waals surface area contributed by atoms with Gasteiger partial charge in [-0.25, -0.2) is 4.79 Å². The molecule has 0 aliphatic rings.